The fraction of sp³-hybridized carbons (Fsp3) is 0.600. The van der Waals surface area contributed by atoms with Gasteiger partial charge in [0.05, 0.1) is 0 Å². The lowest BCUT2D eigenvalue weighted by atomic mass is 10.1. The predicted octanol–water partition coefficient (Wildman–Crippen LogP) is 2.71. The second-order valence-corrected chi connectivity index (χ2v) is 5.91. The van der Waals surface area contributed by atoms with E-state index in [1.54, 1.807) is 6.07 Å². The Balaban J connectivity index is 2.04. The summed E-state index contributed by atoms with van der Waals surface area (Å²) < 4.78 is 0. The summed E-state index contributed by atoms with van der Waals surface area (Å²) in [6.45, 7) is 6.14. The highest BCUT2D eigenvalue weighted by Gasteiger charge is 2.24. The van der Waals surface area contributed by atoms with Gasteiger partial charge in [-0.25, -0.2) is 4.98 Å². The molecule has 0 aliphatic heterocycles. The molecule has 0 saturated heterocycles. The molecule has 3 N–H and O–H groups in total. The third kappa shape index (κ3) is 3.94. The monoisotopic (exact) mass is 261 g/mol. The molecule has 0 aromatic carbocycles. The molecule has 1 saturated carbocycles. The van der Waals surface area contributed by atoms with Crippen molar-refractivity contribution in [3.8, 4) is 0 Å². The maximum atomic E-state index is 12.2. The Morgan fingerprint density at radius 1 is 1.42 bits per heavy atom. The first kappa shape index (κ1) is 13.8. The first-order valence-electron chi connectivity index (χ1n) is 7.04. The minimum atomic E-state index is -0.0517. The van der Waals surface area contributed by atoms with Crippen molar-refractivity contribution < 1.29 is 4.79 Å². The molecule has 4 heteroatoms. The molecule has 1 unspecified atom stereocenters. The zero-order valence-electron chi connectivity index (χ0n) is 11.9. The van der Waals surface area contributed by atoms with Crippen molar-refractivity contribution in [2.45, 2.75) is 52.0 Å². The Labute approximate surface area is 114 Å². The summed E-state index contributed by atoms with van der Waals surface area (Å²) in [7, 11) is 0. The van der Waals surface area contributed by atoms with Crippen molar-refractivity contribution in [2.24, 2.45) is 5.92 Å². The van der Waals surface area contributed by atoms with Crippen LogP contribution in [0.15, 0.2) is 12.1 Å². The van der Waals surface area contributed by atoms with Gasteiger partial charge in [-0.2, -0.15) is 0 Å². The van der Waals surface area contributed by atoms with Crippen LogP contribution in [0.5, 0.6) is 0 Å². The number of hydrogen-bond acceptors (Lipinski definition) is 3. The molecule has 0 spiro atoms. The van der Waals surface area contributed by atoms with Gasteiger partial charge in [-0.15, -0.1) is 0 Å². The number of carbonyl (C=O) groups excluding carboxylic acids is 1. The molecule has 0 bridgehead atoms. The lowest BCUT2D eigenvalue weighted by Gasteiger charge is -2.14. The maximum Gasteiger partial charge on any atom is 0.251 e. The van der Waals surface area contributed by atoms with E-state index in [-0.39, 0.29) is 17.9 Å². The molecule has 1 aliphatic carbocycles. The molecule has 1 fully saturated rings. The van der Waals surface area contributed by atoms with Crippen LogP contribution in [-0.2, 0) is 0 Å². The van der Waals surface area contributed by atoms with Crippen molar-refractivity contribution in [3.05, 3.63) is 23.4 Å². The van der Waals surface area contributed by atoms with Gasteiger partial charge in [0.1, 0.15) is 5.82 Å². The average Bonchev–Trinajstić information content (AvgIpc) is 3.11. The minimum absolute atomic E-state index is 0.0517. The number of nitrogens with zero attached hydrogens (tertiary/aromatic N) is 1. The van der Waals surface area contributed by atoms with Gasteiger partial charge in [-0.3, -0.25) is 4.79 Å². The van der Waals surface area contributed by atoms with Gasteiger partial charge in [0, 0.05) is 17.3 Å². The van der Waals surface area contributed by atoms with E-state index in [9.17, 15) is 4.79 Å². The summed E-state index contributed by atoms with van der Waals surface area (Å²) in [5, 5.41) is 3.04. The van der Waals surface area contributed by atoms with E-state index >= 15 is 0 Å². The zero-order chi connectivity index (χ0) is 14.0. The molecule has 19 heavy (non-hydrogen) atoms. The summed E-state index contributed by atoms with van der Waals surface area (Å²) in [5.74, 6) is 1.43. The van der Waals surface area contributed by atoms with Crippen LogP contribution < -0.4 is 11.1 Å². The molecule has 1 aromatic rings. The van der Waals surface area contributed by atoms with Crippen molar-refractivity contribution in [3.63, 3.8) is 0 Å². The van der Waals surface area contributed by atoms with Gasteiger partial charge in [0.2, 0.25) is 0 Å². The third-order valence-corrected chi connectivity index (χ3v) is 3.48. The number of nitrogens with one attached hydrogen (secondary N) is 1. The second kappa shape index (κ2) is 5.59. The van der Waals surface area contributed by atoms with Gasteiger partial charge < -0.3 is 11.1 Å². The molecule has 1 atom stereocenters. The SMILES string of the molecule is CC(CC1CC1)NC(=O)c1cc(N)nc(C(C)C)c1. The van der Waals surface area contributed by atoms with Gasteiger partial charge in [0.15, 0.2) is 0 Å². The summed E-state index contributed by atoms with van der Waals surface area (Å²) in [6, 6.07) is 3.70. The van der Waals surface area contributed by atoms with Gasteiger partial charge in [-0.1, -0.05) is 26.7 Å². The summed E-state index contributed by atoms with van der Waals surface area (Å²) in [4.78, 5) is 16.4. The van der Waals surface area contributed by atoms with Crippen LogP contribution in [0.25, 0.3) is 0 Å². The molecule has 104 valence electrons. The van der Waals surface area contributed by atoms with Crippen molar-refractivity contribution in [2.75, 3.05) is 5.73 Å². The zero-order valence-corrected chi connectivity index (χ0v) is 11.9. The highest BCUT2D eigenvalue weighted by atomic mass is 16.1. The Bertz CT molecular complexity index is 466. The molecular formula is C15H23N3O. The van der Waals surface area contributed by atoms with Crippen LogP contribution >= 0.6 is 0 Å². The number of carbonyl (C=O) groups is 1. The Morgan fingerprint density at radius 2 is 2.11 bits per heavy atom. The van der Waals surface area contributed by atoms with E-state index in [2.05, 4.69) is 17.2 Å². The lowest BCUT2D eigenvalue weighted by molar-refractivity contribution is 0.0937. The topological polar surface area (TPSA) is 68.0 Å². The Morgan fingerprint density at radius 3 is 2.68 bits per heavy atom. The molecule has 4 nitrogen and oxygen atoms in total. The summed E-state index contributed by atoms with van der Waals surface area (Å²) in [6.07, 6.45) is 3.68. The van der Waals surface area contributed by atoms with E-state index in [0.717, 1.165) is 18.0 Å². The fourth-order valence-electron chi connectivity index (χ4n) is 2.22. The quantitative estimate of drug-likeness (QED) is 0.856. The second-order valence-electron chi connectivity index (χ2n) is 5.91. The number of anilines is 1. The number of rotatable bonds is 5. The highest BCUT2D eigenvalue weighted by Crippen LogP contribution is 2.33. The Hall–Kier alpha value is -1.58. The lowest BCUT2D eigenvalue weighted by Crippen LogP contribution is -2.33. The first-order chi connectivity index (χ1) is 8.95. The summed E-state index contributed by atoms with van der Waals surface area (Å²) in [5.41, 5.74) is 7.24. The first-order valence-corrected chi connectivity index (χ1v) is 7.04. The third-order valence-electron chi connectivity index (χ3n) is 3.48. The minimum Gasteiger partial charge on any atom is -0.384 e. The largest absolute Gasteiger partial charge is 0.384 e. The smallest absolute Gasteiger partial charge is 0.251 e. The van der Waals surface area contributed by atoms with E-state index in [1.807, 2.05) is 19.9 Å². The number of aromatic nitrogens is 1. The average molecular weight is 261 g/mol. The Kier molecular flexibility index (Phi) is 4.08. The molecule has 1 aliphatic rings. The van der Waals surface area contributed by atoms with Gasteiger partial charge in [0.25, 0.3) is 5.91 Å². The molecular weight excluding hydrogens is 238 g/mol. The standard InChI is InChI=1S/C15H23N3O/c1-9(2)13-7-12(8-14(16)18-13)15(19)17-10(3)6-11-4-5-11/h7-11H,4-6H2,1-3H3,(H2,16,18)(H,17,19). The number of nitrogen functional groups attached to an aromatic ring is 1. The molecule has 1 aromatic heterocycles. The molecule has 1 amide bonds. The number of pyridine rings is 1. The van der Waals surface area contributed by atoms with E-state index in [0.29, 0.717) is 11.4 Å². The van der Waals surface area contributed by atoms with Gasteiger partial charge >= 0.3 is 0 Å². The van der Waals surface area contributed by atoms with Crippen LogP contribution in [0.4, 0.5) is 5.82 Å². The molecule has 1 heterocycles. The highest BCUT2D eigenvalue weighted by molar-refractivity contribution is 5.95. The number of hydrogen-bond donors (Lipinski definition) is 2. The van der Waals surface area contributed by atoms with Crippen LogP contribution in [0.1, 0.15) is 62.0 Å². The maximum absolute atomic E-state index is 12.2. The number of amides is 1. The van der Waals surface area contributed by atoms with Crippen LogP contribution in [0.2, 0.25) is 0 Å². The number of nitrogens with two attached hydrogens (primary N) is 1. The fourth-order valence-corrected chi connectivity index (χ4v) is 2.22. The van der Waals surface area contributed by atoms with Crippen molar-refractivity contribution in [1.29, 1.82) is 0 Å². The predicted molar refractivity (Wildman–Crippen MR) is 77.0 cm³/mol. The van der Waals surface area contributed by atoms with E-state index in [1.165, 1.54) is 12.8 Å². The summed E-state index contributed by atoms with van der Waals surface area (Å²) >= 11 is 0. The van der Waals surface area contributed by atoms with E-state index in [4.69, 9.17) is 5.73 Å². The van der Waals surface area contributed by atoms with Crippen molar-refractivity contribution in [1.82, 2.24) is 10.3 Å². The normalized spacial score (nSPS) is 16.4. The van der Waals surface area contributed by atoms with E-state index < -0.39 is 0 Å². The molecule has 0 radical (unpaired) electrons. The van der Waals surface area contributed by atoms with Gasteiger partial charge in [-0.05, 0) is 37.3 Å². The van der Waals surface area contributed by atoms with Crippen LogP contribution in [0.3, 0.4) is 0 Å². The van der Waals surface area contributed by atoms with Crippen LogP contribution in [-0.4, -0.2) is 16.9 Å². The molecule has 2 rings (SSSR count). The van der Waals surface area contributed by atoms with Crippen LogP contribution in [0, 0.1) is 5.92 Å². The van der Waals surface area contributed by atoms with Crippen molar-refractivity contribution >= 4 is 11.7 Å².